The summed E-state index contributed by atoms with van der Waals surface area (Å²) in [5.41, 5.74) is 5.88. The summed E-state index contributed by atoms with van der Waals surface area (Å²) in [5.74, 6) is 0. The molecule has 1 aromatic heterocycles. The van der Waals surface area contributed by atoms with Crippen LogP contribution in [0.4, 0.5) is 0 Å². The van der Waals surface area contributed by atoms with E-state index in [0.717, 1.165) is 0 Å². The van der Waals surface area contributed by atoms with Crippen molar-refractivity contribution in [2.75, 3.05) is 7.05 Å². The van der Waals surface area contributed by atoms with Gasteiger partial charge in [0.25, 0.3) is 10.0 Å². The molecular formula is C7H11N3O2S. The summed E-state index contributed by atoms with van der Waals surface area (Å²) in [6.07, 6.45) is 0. The fraction of sp³-hybridized carbons (Fsp3) is 0.286. The van der Waals surface area contributed by atoms with Crippen molar-refractivity contribution in [1.29, 1.82) is 0 Å². The van der Waals surface area contributed by atoms with Gasteiger partial charge >= 0.3 is 0 Å². The molecule has 0 aliphatic heterocycles. The summed E-state index contributed by atoms with van der Waals surface area (Å²) >= 11 is 0. The first-order chi connectivity index (χ1) is 6.10. The van der Waals surface area contributed by atoms with Crippen molar-refractivity contribution >= 4 is 10.0 Å². The number of aromatic nitrogens is 1. The van der Waals surface area contributed by atoms with E-state index in [1.165, 1.54) is 13.1 Å². The first-order valence-corrected chi connectivity index (χ1v) is 5.18. The quantitative estimate of drug-likeness (QED) is 0.687. The molecule has 1 aromatic rings. The Hall–Kier alpha value is -0.980. The van der Waals surface area contributed by atoms with E-state index in [1.54, 1.807) is 12.1 Å². The Morgan fingerprint density at radius 2 is 2.23 bits per heavy atom. The van der Waals surface area contributed by atoms with Crippen molar-refractivity contribution in [3.05, 3.63) is 23.9 Å². The third kappa shape index (κ3) is 2.24. The van der Waals surface area contributed by atoms with Crippen molar-refractivity contribution in [2.45, 2.75) is 11.6 Å². The fourth-order valence-corrected chi connectivity index (χ4v) is 1.53. The number of pyridine rings is 1. The van der Waals surface area contributed by atoms with Gasteiger partial charge in [-0.3, -0.25) is 0 Å². The molecule has 72 valence electrons. The first kappa shape index (κ1) is 10.1. The number of hydrogen-bond acceptors (Lipinski definition) is 4. The second-order valence-electron chi connectivity index (χ2n) is 2.38. The lowest BCUT2D eigenvalue weighted by Crippen LogP contribution is -2.20. The van der Waals surface area contributed by atoms with Gasteiger partial charge in [0.15, 0.2) is 5.03 Å². The molecule has 0 aliphatic rings. The SMILES string of the molecule is CNS(=O)(=O)c1cccc(CN)n1. The van der Waals surface area contributed by atoms with Crippen LogP contribution in [0, 0.1) is 0 Å². The number of rotatable bonds is 3. The molecule has 0 saturated carbocycles. The average molecular weight is 201 g/mol. The van der Waals surface area contributed by atoms with Crippen LogP contribution in [0.5, 0.6) is 0 Å². The smallest absolute Gasteiger partial charge is 0.257 e. The Morgan fingerprint density at radius 3 is 2.77 bits per heavy atom. The Balaban J connectivity index is 3.17. The molecule has 13 heavy (non-hydrogen) atoms. The molecule has 0 unspecified atom stereocenters. The summed E-state index contributed by atoms with van der Waals surface area (Å²) in [6, 6.07) is 4.71. The Bertz CT molecular complexity index is 388. The molecule has 3 N–H and O–H groups in total. The van der Waals surface area contributed by atoms with Crippen LogP contribution in [-0.2, 0) is 16.6 Å². The Kier molecular flexibility index (Phi) is 2.97. The van der Waals surface area contributed by atoms with E-state index in [9.17, 15) is 8.42 Å². The van der Waals surface area contributed by atoms with Crippen LogP contribution >= 0.6 is 0 Å². The third-order valence-corrected chi connectivity index (χ3v) is 2.85. The molecule has 0 amide bonds. The van der Waals surface area contributed by atoms with Gasteiger partial charge in [0.05, 0.1) is 5.69 Å². The van der Waals surface area contributed by atoms with E-state index in [0.29, 0.717) is 5.69 Å². The van der Waals surface area contributed by atoms with Gasteiger partial charge in [-0.2, -0.15) is 0 Å². The zero-order valence-corrected chi connectivity index (χ0v) is 8.00. The number of hydrogen-bond donors (Lipinski definition) is 2. The molecule has 0 atom stereocenters. The summed E-state index contributed by atoms with van der Waals surface area (Å²) in [4.78, 5) is 3.86. The highest BCUT2D eigenvalue weighted by molar-refractivity contribution is 7.89. The lowest BCUT2D eigenvalue weighted by molar-refractivity contribution is 0.583. The molecule has 1 heterocycles. The minimum atomic E-state index is -3.45. The van der Waals surface area contributed by atoms with Gasteiger partial charge in [-0.15, -0.1) is 0 Å². The van der Waals surface area contributed by atoms with E-state index >= 15 is 0 Å². The van der Waals surface area contributed by atoms with Crippen LogP contribution in [0.3, 0.4) is 0 Å². The van der Waals surface area contributed by atoms with Crippen molar-refractivity contribution in [3.8, 4) is 0 Å². The van der Waals surface area contributed by atoms with Crippen LogP contribution in [0.25, 0.3) is 0 Å². The Labute approximate surface area is 77.0 Å². The largest absolute Gasteiger partial charge is 0.325 e. The van der Waals surface area contributed by atoms with Gasteiger partial charge in [-0.25, -0.2) is 18.1 Å². The molecule has 0 aliphatic carbocycles. The van der Waals surface area contributed by atoms with Crippen LogP contribution < -0.4 is 10.5 Å². The number of nitrogens with two attached hydrogens (primary N) is 1. The lowest BCUT2D eigenvalue weighted by Gasteiger charge is -2.02. The maximum atomic E-state index is 11.3. The van der Waals surface area contributed by atoms with Crippen molar-refractivity contribution in [2.24, 2.45) is 5.73 Å². The summed E-state index contributed by atoms with van der Waals surface area (Å²) in [5, 5.41) is -0.00190. The fourth-order valence-electron chi connectivity index (χ4n) is 0.825. The maximum absolute atomic E-state index is 11.3. The van der Waals surface area contributed by atoms with E-state index in [1.807, 2.05) is 0 Å². The highest BCUT2D eigenvalue weighted by Gasteiger charge is 2.12. The van der Waals surface area contributed by atoms with Crippen LogP contribution in [0.2, 0.25) is 0 Å². The lowest BCUT2D eigenvalue weighted by atomic mass is 10.4. The number of nitrogens with one attached hydrogen (secondary N) is 1. The minimum Gasteiger partial charge on any atom is -0.325 e. The van der Waals surface area contributed by atoms with Gasteiger partial charge in [0.1, 0.15) is 0 Å². The van der Waals surface area contributed by atoms with Gasteiger partial charge in [-0.1, -0.05) is 6.07 Å². The Morgan fingerprint density at radius 1 is 1.54 bits per heavy atom. The average Bonchev–Trinajstić information content (AvgIpc) is 2.18. The van der Waals surface area contributed by atoms with E-state index in [4.69, 9.17) is 5.73 Å². The maximum Gasteiger partial charge on any atom is 0.257 e. The molecular weight excluding hydrogens is 190 g/mol. The zero-order chi connectivity index (χ0) is 9.90. The molecule has 0 spiro atoms. The van der Waals surface area contributed by atoms with Crippen LogP contribution in [0.1, 0.15) is 5.69 Å². The predicted molar refractivity (Wildman–Crippen MR) is 48.4 cm³/mol. The summed E-state index contributed by atoms with van der Waals surface area (Å²) in [6.45, 7) is 0.229. The standard InChI is InChI=1S/C7H11N3O2S/c1-9-13(11,12)7-4-2-3-6(5-8)10-7/h2-4,9H,5,8H2,1H3. The van der Waals surface area contributed by atoms with Crippen LogP contribution in [-0.4, -0.2) is 20.4 Å². The first-order valence-electron chi connectivity index (χ1n) is 3.69. The molecule has 0 fully saturated rings. The van der Waals surface area contributed by atoms with Crippen molar-refractivity contribution in [3.63, 3.8) is 0 Å². The topological polar surface area (TPSA) is 85.1 Å². The van der Waals surface area contributed by atoms with Gasteiger partial charge in [-0.05, 0) is 19.2 Å². The van der Waals surface area contributed by atoms with Crippen LogP contribution in [0.15, 0.2) is 23.2 Å². The second-order valence-corrected chi connectivity index (χ2v) is 4.21. The van der Waals surface area contributed by atoms with Gasteiger partial charge in [0, 0.05) is 6.54 Å². The van der Waals surface area contributed by atoms with Crippen molar-refractivity contribution < 1.29 is 8.42 Å². The van der Waals surface area contributed by atoms with E-state index in [-0.39, 0.29) is 11.6 Å². The highest BCUT2D eigenvalue weighted by atomic mass is 32.2. The third-order valence-electron chi connectivity index (χ3n) is 1.53. The van der Waals surface area contributed by atoms with Gasteiger partial charge in [0.2, 0.25) is 0 Å². The monoisotopic (exact) mass is 201 g/mol. The molecule has 0 aromatic carbocycles. The van der Waals surface area contributed by atoms with E-state index in [2.05, 4.69) is 9.71 Å². The number of nitrogens with zero attached hydrogens (tertiary/aromatic N) is 1. The summed E-state index contributed by atoms with van der Waals surface area (Å²) < 4.78 is 24.7. The van der Waals surface area contributed by atoms with E-state index < -0.39 is 10.0 Å². The molecule has 0 saturated heterocycles. The minimum absolute atomic E-state index is 0.00190. The molecule has 0 bridgehead atoms. The molecule has 5 nitrogen and oxygen atoms in total. The highest BCUT2D eigenvalue weighted by Crippen LogP contribution is 2.04. The normalized spacial score (nSPS) is 11.5. The predicted octanol–water partition coefficient (Wildman–Crippen LogP) is -0.552. The molecule has 0 radical (unpaired) electrons. The summed E-state index contributed by atoms with van der Waals surface area (Å²) in [7, 11) is -2.11. The van der Waals surface area contributed by atoms with Crippen molar-refractivity contribution in [1.82, 2.24) is 9.71 Å². The zero-order valence-electron chi connectivity index (χ0n) is 7.19. The molecule has 6 heteroatoms. The number of sulfonamides is 1. The van der Waals surface area contributed by atoms with Gasteiger partial charge < -0.3 is 5.73 Å². The second kappa shape index (κ2) is 3.82. The molecule has 1 rings (SSSR count).